The summed E-state index contributed by atoms with van der Waals surface area (Å²) in [6, 6.07) is 9.80. The van der Waals surface area contributed by atoms with Gasteiger partial charge in [0.1, 0.15) is 0 Å². The number of carboxylic acid groups (broad SMARTS) is 1. The summed E-state index contributed by atoms with van der Waals surface area (Å²) in [4.78, 5) is 27.5. The monoisotopic (exact) mass is 384 g/mol. The van der Waals surface area contributed by atoms with E-state index >= 15 is 0 Å². The standard InChI is InChI=1S/C18H11F3N2O4.Li.H/c19-18(20,21)11-7-5-10(6-8-11)15-14(22-9-27-15)16(24)23-13-4-2-1-3-12(13)17(25)26;;/h1-9H,(H,23,24)(H,25,26);;/q;+1;-1. The number of amides is 1. The van der Waals surface area contributed by atoms with Crippen LogP contribution in [0.2, 0.25) is 0 Å². The van der Waals surface area contributed by atoms with Crippen molar-refractivity contribution in [1.82, 2.24) is 4.98 Å². The van der Waals surface area contributed by atoms with Gasteiger partial charge in [-0.2, -0.15) is 13.2 Å². The summed E-state index contributed by atoms with van der Waals surface area (Å²) in [5, 5.41) is 11.6. The smallest absolute Gasteiger partial charge is 1.00 e. The molecule has 6 nitrogen and oxygen atoms in total. The van der Waals surface area contributed by atoms with Gasteiger partial charge in [-0.25, -0.2) is 9.78 Å². The number of carboxylic acids is 1. The molecule has 0 unspecified atom stereocenters. The van der Waals surface area contributed by atoms with Gasteiger partial charge in [0.2, 0.25) is 0 Å². The summed E-state index contributed by atoms with van der Waals surface area (Å²) < 4.78 is 43.1. The first-order chi connectivity index (χ1) is 12.8. The normalized spacial score (nSPS) is 10.8. The van der Waals surface area contributed by atoms with Crippen molar-refractivity contribution in [3.63, 3.8) is 0 Å². The fourth-order valence-corrected chi connectivity index (χ4v) is 2.38. The van der Waals surface area contributed by atoms with Gasteiger partial charge in [-0.1, -0.05) is 24.3 Å². The van der Waals surface area contributed by atoms with Crippen molar-refractivity contribution in [2.45, 2.75) is 6.18 Å². The number of hydrogen-bond acceptors (Lipinski definition) is 4. The second-order valence-corrected chi connectivity index (χ2v) is 5.41. The molecule has 3 aromatic rings. The van der Waals surface area contributed by atoms with E-state index in [2.05, 4.69) is 10.3 Å². The van der Waals surface area contributed by atoms with E-state index in [1.807, 2.05) is 0 Å². The number of nitrogens with one attached hydrogen (secondary N) is 1. The molecule has 10 heteroatoms. The van der Waals surface area contributed by atoms with Crippen molar-refractivity contribution < 1.29 is 52.6 Å². The molecule has 28 heavy (non-hydrogen) atoms. The fraction of sp³-hybridized carbons (Fsp3) is 0.0556. The molecule has 1 heterocycles. The first kappa shape index (κ1) is 21.3. The zero-order valence-electron chi connectivity index (χ0n) is 15.4. The Kier molecular flexibility index (Phi) is 6.33. The number of para-hydroxylation sites is 1. The molecule has 2 N–H and O–H groups in total. The van der Waals surface area contributed by atoms with Gasteiger partial charge in [0, 0.05) is 5.56 Å². The van der Waals surface area contributed by atoms with E-state index in [9.17, 15) is 22.8 Å². The summed E-state index contributed by atoms with van der Waals surface area (Å²) in [6.07, 6.45) is -3.51. The van der Waals surface area contributed by atoms with Gasteiger partial charge in [-0.05, 0) is 24.3 Å². The molecule has 0 fully saturated rings. The molecule has 0 bridgehead atoms. The van der Waals surface area contributed by atoms with E-state index < -0.39 is 23.6 Å². The first-order valence-corrected chi connectivity index (χ1v) is 7.52. The number of aromatic nitrogens is 1. The number of rotatable bonds is 4. The largest absolute Gasteiger partial charge is 1.00 e. The van der Waals surface area contributed by atoms with Crippen LogP contribution in [-0.2, 0) is 6.18 Å². The molecule has 0 radical (unpaired) electrons. The third-order valence-corrected chi connectivity index (χ3v) is 3.66. The molecule has 0 saturated carbocycles. The van der Waals surface area contributed by atoms with Gasteiger partial charge in [0.05, 0.1) is 16.8 Å². The van der Waals surface area contributed by atoms with Crippen molar-refractivity contribution in [3.8, 4) is 11.3 Å². The molecule has 1 amide bonds. The Hall–Kier alpha value is -3.02. The summed E-state index contributed by atoms with van der Waals surface area (Å²) in [6.45, 7) is 0. The van der Waals surface area contributed by atoms with E-state index in [4.69, 9.17) is 9.52 Å². The SMILES string of the molecule is O=C(O)c1ccccc1NC(=O)c1ncoc1-c1ccc(C(F)(F)F)cc1.[H-].[Li+]. The quantitative estimate of drug-likeness (QED) is 0.664. The van der Waals surface area contributed by atoms with Crippen LogP contribution < -0.4 is 24.2 Å². The number of halogens is 3. The van der Waals surface area contributed by atoms with Gasteiger partial charge in [0.15, 0.2) is 17.8 Å². The minimum absolute atomic E-state index is 0. The third kappa shape index (κ3) is 4.44. The number of benzene rings is 2. The van der Waals surface area contributed by atoms with E-state index in [-0.39, 0.29) is 48.6 Å². The van der Waals surface area contributed by atoms with Gasteiger partial charge in [-0.3, -0.25) is 4.79 Å². The van der Waals surface area contributed by atoms with Crippen LogP contribution >= 0.6 is 0 Å². The maximum atomic E-state index is 12.7. The molecular weight excluding hydrogens is 372 g/mol. The second kappa shape index (κ2) is 8.33. The van der Waals surface area contributed by atoms with Crippen LogP contribution in [0.25, 0.3) is 11.3 Å². The zero-order chi connectivity index (χ0) is 19.6. The molecule has 0 aliphatic rings. The van der Waals surface area contributed by atoms with Crippen LogP contribution in [0.1, 0.15) is 27.8 Å². The van der Waals surface area contributed by atoms with Gasteiger partial charge in [-0.15, -0.1) is 0 Å². The van der Waals surface area contributed by atoms with Crippen LogP contribution in [0.3, 0.4) is 0 Å². The van der Waals surface area contributed by atoms with Crippen LogP contribution in [0, 0.1) is 0 Å². The molecule has 0 spiro atoms. The third-order valence-electron chi connectivity index (χ3n) is 3.66. The summed E-state index contributed by atoms with van der Waals surface area (Å²) >= 11 is 0. The van der Waals surface area contributed by atoms with Crippen molar-refractivity contribution in [3.05, 3.63) is 71.7 Å². The summed E-state index contributed by atoms with van der Waals surface area (Å²) in [5.41, 5.74) is -0.874. The van der Waals surface area contributed by atoms with Crippen molar-refractivity contribution in [2.24, 2.45) is 0 Å². The molecule has 140 valence electrons. The van der Waals surface area contributed by atoms with E-state index in [0.717, 1.165) is 30.7 Å². The maximum absolute atomic E-state index is 12.7. The molecule has 0 aliphatic heterocycles. The fourth-order valence-electron chi connectivity index (χ4n) is 2.38. The molecular formula is C18H12F3LiN2O4. The molecule has 0 aliphatic carbocycles. The van der Waals surface area contributed by atoms with E-state index in [1.165, 1.54) is 18.2 Å². The minimum atomic E-state index is -4.49. The number of anilines is 1. The average Bonchev–Trinajstić information content (AvgIpc) is 3.11. The Balaban J connectivity index is 0.00000210. The summed E-state index contributed by atoms with van der Waals surface area (Å²) in [5.74, 6) is -2.02. The number of oxazole rings is 1. The van der Waals surface area contributed by atoms with Crippen LogP contribution in [-0.4, -0.2) is 22.0 Å². The Labute approximate surface area is 170 Å². The number of carbonyl (C=O) groups excluding carboxylic acids is 1. The molecule has 0 saturated heterocycles. The van der Waals surface area contributed by atoms with Crippen LogP contribution in [0.15, 0.2) is 59.3 Å². The minimum Gasteiger partial charge on any atom is -1.00 e. The average molecular weight is 384 g/mol. The molecule has 1 aromatic heterocycles. The topological polar surface area (TPSA) is 92.4 Å². The predicted octanol–water partition coefficient (Wildman–Crippen LogP) is 1.43. The van der Waals surface area contributed by atoms with E-state index in [1.54, 1.807) is 6.07 Å². The Morgan fingerprint density at radius 1 is 1.07 bits per heavy atom. The van der Waals surface area contributed by atoms with E-state index in [0.29, 0.717) is 0 Å². The first-order valence-electron chi connectivity index (χ1n) is 7.52. The van der Waals surface area contributed by atoms with Gasteiger partial charge >= 0.3 is 31.0 Å². The maximum Gasteiger partial charge on any atom is 1.00 e. The zero-order valence-corrected chi connectivity index (χ0v) is 14.4. The van der Waals surface area contributed by atoms with Crippen LogP contribution in [0.4, 0.5) is 18.9 Å². The van der Waals surface area contributed by atoms with Crippen LogP contribution in [0.5, 0.6) is 0 Å². The molecule has 0 atom stereocenters. The number of carbonyl (C=O) groups is 2. The summed E-state index contributed by atoms with van der Waals surface area (Å²) in [7, 11) is 0. The number of alkyl halides is 3. The van der Waals surface area contributed by atoms with Crippen molar-refractivity contribution >= 4 is 17.6 Å². The van der Waals surface area contributed by atoms with Gasteiger partial charge < -0.3 is 16.3 Å². The Morgan fingerprint density at radius 2 is 1.71 bits per heavy atom. The molecule has 2 aromatic carbocycles. The Morgan fingerprint density at radius 3 is 2.32 bits per heavy atom. The van der Waals surface area contributed by atoms with Crippen molar-refractivity contribution in [2.75, 3.05) is 5.32 Å². The predicted molar refractivity (Wildman–Crippen MR) is 89.4 cm³/mol. The Bertz CT molecular complexity index is 1010. The second-order valence-electron chi connectivity index (χ2n) is 5.41. The van der Waals surface area contributed by atoms with Crippen molar-refractivity contribution in [1.29, 1.82) is 0 Å². The van der Waals surface area contributed by atoms with Gasteiger partial charge in [0.25, 0.3) is 5.91 Å². The molecule has 3 rings (SSSR count). The number of hydrogen-bond donors (Lipinski definition) is 2. The number of nitrogens with zero attached hydrogens (tertiary/aromatic N) is 1. The number of aromatic carboxylic acids is 1.